The van der Waals surface area contributed by atoms with E-state index in [-0.39, 0.29) is 17.2 Å². The SMILES string of the molecule is CC(C)(C)CS(=O)(=O)N[C@@H]1CCNC1. The summed E-state index contributed by atoms with van der Waals surface area (Å²) in [5, 5.41) is 3.13. The molecule has 1 atom stereocenters. The minimum absolute atomic E-state index is 0.0855. The van der Waals surface area contributed by atoms with Crippen molar-refractivity contribution in [2.75, 3.05) is 18.8 Å². The summed E-state index contributed by atoms with van der Waals surface area (Å²) in [6.45, 7) is 7.45. The average Bonchev–Trinajstić information content (AvgIpc) is 2.31. The summed E-state index contributed by atoms with van der Waals surface area (Å²) in [5.41, 5.74) is -0.183. The number of sulfonamides is 1. The smallest absolute Gasteiger partial charge is 0.212 e. The zero-order valence-corrected chi connectivity index (χ0v) is 9.95. The predicted molar refractivity (Wildman–Crippen MR) is 57.7 cm³/mol. The van der Waals surface area contributed by atoms with Crippen LogP contribution in [-0.4, -0.2) is 33.3 Å². The van der Waals surface area contributed by atoms with E-state index in [1.807, 2.05) is 20.8 Å². The zero-order valence-electron chi connectivity index (χ0n) is 9.13. The fourth-order valence-corrected chi connectivity index (χ4v) is 3.55. The van der Waals surface area contributed by atoms with Crippen LogP contribution in [0.2, 0.25) is 0 Å². The molecule has 0 aliphatic carbocycles. The third-order valence-electron chi connectivity index (χ3n) is 2.03. The molecule has 5 heteroatoms. The molecule has 1 fully saturated rings. The summed E-state index contributed by atoms with van der Waals surface area (Å²) < 4.78 is 26.0. The monoisotopic (exact) mass is 220 g/mol. The molecule has 1 saturated heterocycles. The molecule has 1 aliphatic rings. The molecular formula is C9H20N2O2S. The van der Waals surface area contributed by atoms with Gasteiger partial charge < -0.3 is 5.32 Å². The topological polar surface area (TPSA) is 58.2 Å². The van der Waals surface area contributed by atoms with E-state index >= 15 is 0 Å². The summed E-state index contributed by atoms with van der Waals surface area (Å²) >= 11 is 0. The van der Waals surface area contributed by atoms with E-state index in [2.05, 4.69) is 10.0 Å². The van der Waals surface area contributed by atoms with Crippen LogP contribution in [0.3, 0.4) is 0 Å². The summed E-state index contributed by atoms with van der Waals surface area (Å²) in [6.07, 6.45) is 0.892. The second-order valence-electron chi connectivity index (χ2n) is 5.13. The molecular weight excluding hydrogens is 200 g/mol. The lowest BCUT2D eigenvalue weighted by atomic mass is 10.0. The van der Waals surface area contributed by atoms with E-state index in [9.17, 15) is 8.42 Å². The first-order chi connectivity index (χ1) is 6.29. The highest BCUT2D eigenvalue weighted by Gasteiger charge is 2.25. The highest BCUT2D eigenvalue weighted by molar-refractivity contribution is 7.89. The molecule has 1 aliphatic heterocycles. The molecule has 0 bridgehead atoms. The molecule has 2 N–H and O–H groups in total. The second kappa shape index (κ2) is 4.16. The van der Waals surface area contributed by atoms with Gasteiger partial charge in [0, 0.05) is 12.6 Å². The van der Waals surface area contributed by atoms with Crippen molar-refractivity contribution in [3.05, 3.63) is 0 Å². The molecule has 0 aromatic heterocycles. The largest absolute Gasteiger partial charge is 0.315 e. The van der Waals surface area contributed by atoms with Crippen LogP contribution in [0.25, 0.3) is 0 Å². The van der Waals surface area contributed by atoms with Crippen molar-refractivity contribution in [1.82, 2.24) is 10.0 Å². The van der Waals surface area contributed by atoms with Crippen molar-refractivity contribution in [3.8, 4) is 0 Å². The van der Waals surface area contributed by atoms with Gasteiger partial charge >= 0.3 is 0 Å². The van der Waals surface area contributed by atoms with Crippen molar-refractivity contribution in [1.29, 1.82) is 0 Å². The minimum atomic E-state index is -3.11. The van der Waals surface area contributed by atoms with Crippen LogP contribution in [0.15, 0.2) is 0 Å². The van der Waals surface area contributed by atoms with Crippen molar-refractivity contribution in [2.45, 2.75) is 33.2 Å². The van der Waals surface area contributed by atoms with E-state index in [4.69, 9.17) is 0 Å². The van der Waals surface area contributed by atoms with Crippen LogP contribution in [0, 0.1) is 5.41 Å². The number of hydrogen-bond donors (Lipinski definition) is 2. The molecule has 0 radical (unpaired) electrons. The molecule has 1 heterocycles. The third-order valence-corrected chi connectivity index (χ3v) is 3.97. The lowest BCUT2D eigenvalue weighted by Gasteiger charge is -2.20. The van der Waals surface area contributed by atoms with Gasteiger partial charge in [-0.15, -0.1) is 0 Å². The van der Waals surface area contributed by atoms with Gasteiger partial charge in [0.15, 0.2) is 0 Å². The van der Waals surface area contributed by atoms with Crippen LogP contribution >= 0.6 is 0 Å². The Kier molecular flexibility index (Phi) is 3.55. The predicted octanol–water partition coefficient (Wildman–Crippen LogP) is 0.314. The lowest BCUT2D eigenvalue weighted by molar-refractivity contribution is 0.454. The molecule has 1 rings (SSSR count). The van der Waals surface area contributed by atoms with Gasteiger partial charge in [0.2, 0.25) is 10.0 Å². The number of rotatable bonds is 3. The Morgan fingerprint density at radius 2 is 2.07 bits per heavy atom. The maximum atomic E-state index is 11.7. The summed E-state index contributed by atoms with van der Waals surface area (Å²) in [5.74, 6) is 0.191. The van der Waals surface area contributed by atoms with Crippen molar-refractivity contribution < 1.29 is 8.42 Å². The van der Waals surface area contributed by atoms with E-state index in [0.717, 1.165) is 19.5 Å². The number of hydrogen-bond acceptors (Lipinski definition) is 3. The van der Waals surface area contributed by atoms with Gasteiger partial charge in [0.05, 0.1) is 5.75 Å². The Bertz CT molecular complexity index is 274. The normalized spacial score (nSPS) is 24.1. The average molecular weight is 220 g/mol. The van der Waals surface area contributed by atoms with Gasteiger partial charge in [-0.05, 0) is 18.4 Å². The van der Waals surface area contributed by atoms with Crippen LogP contribution in [0.5, 0.6) is 0 Å². The van der Waals surface area contributed by atoms with Crippen molar-refractivity contribution >= 4 is 10.0 Å². The lowest BCUT2D eigenvalue weighted by Crippen LogP contribution is -2.40. The first-order valence-electron chi connectivity index (χ1n) is 4.99. The molecule has 0 saturated carbocycles. The third kappa shape index (κ3) is 4.39. The molecule has 0 spiro atoms. The van der Waals surface area contributed by atoms with Gasteiger partial charge in [-0.1, -0.05) is 20.8 Å². The fourth-order valence-electron chi connectivity index (χ4n) is 1.62. The van der Waals surface area contributed by atoms with Gasteiger partial charge in [-0.2, -0.15) is 0 Å². The zero-order chi connectivity index (χ0) is 10.8. The van der Waals surface area contributed by atoms with Gasteiger partial charge in [-0.25, -0.2) is 13.1 Å². The van der Waals surface area contributed by atoms with Gasteiger partial charge in [0.1, 0.15) is 0 Å². The highest BCUT2D eigenvalue weighted by Crippen LogP contribution is 2.16. The van der Waals surface area contributed by atoms with Crippen LogP contribution in [-0.2, 0) is 10.0 Å². The molecule has 0 aromatic carbocycles. The Morgan fingerprint density at radius 1 is 1.43 bits per heavy atom. The van der Waals surface area contributed by atoms with Crippen molar-refractivity contribution in [3.63, 3.8) is 0 Å². The molecule has 14 heavy (non-hydrogen) atoms. The second-order valence-corrected chi connectivity index (χ2v) is 6.88. The standard InChI is InChI=1S/C9H20N2O2S/c1-9(2,3)7-14(12,13)11-8-4-5-10-6-8/h8,10-11H,4-7H2,1-3H3/t8-/m1/s1. The van der Waals surface area contributed by atoms with E-state index in [1.165, 1.54) is 0 Å². The van der Waals surface area contributed by atoms with Gasteiger partial charge in [0.25, 0.3) is 0 Å². The summed E-state index contributed by atoms with van der Waals surface area (Å²) in [6, 6.07) is 0.0855. The number of nitrogens with one attached hydrogen (secondary N) is 2. The first-order valence-corrected chi connectivity index (χ1v) is 6.64. The summed E-state index contributed by atoms with van der Waals surface area (Å²) in [7, 11) is -3.11. The first kappa shape index (κ1) is 11.9. The van der Waals surface area contributed by atoms with E-state index < -0.39 is 10.0 Å². The Balaban J connectivity index is 2.49. The van der Waals surface area contributed by atoms with Crippen molar-refractivity contribution in [2.24, 2.45) is 5.41 Å². The molecule has 0 unspecified atom stereocenters. The van der Waals surface area contributed by atoms with Crippen LogP contribution < -0.4 is 10.0 Å². The summed E-state index contributed by atoms with van der Waals surface area (Å²) in [4.78, 5) is 0. The minimum Gasteiger partial charge on any atom is -0.315 e. The van der Waals surface area contributed by atoms with E-state index in [1.54, 1.807) is 0 Å². The molecule has 0 aromatic rings. The van der Waals surface area contributed by atoms with E-state index in [0.29, 0.717) is 0 Å². The molecule has 4 nitrogen and oxygen atoms in total. The Labute approximate surface area is 86.5 Å². The maximum Gasteiger partial charge on any atom is 0.212 e. The Hall–Kier alpha value is -0.130. The fraction of sp³-hybridized carbons (Fsp3) is 1.00. The van der Waals surface area contributed by atoms with Gasteiger partial charge in [-0.3, -0.25) is 0 Å². The highest BCUT2D eigenvalue weighted by atomic mass is 32.2. The molecule has 0 amide bonds. The van der Waals surface area contributed by atoms with Crippen LogP contribution in [0.4, 0.5) is 0 Å². The maximum absolute atomic E-state index is 11.7. The quantitative estimate of drug-likeness (QED) is 0.720. The van der Waals surface area contributed by atoms with Crippen LogP contribution in [0.1, 0.15) is 27.2 Å². The molecule has 84 valence electrons. The Morgan fingerprint density at radius 3 is 2.50 bits per heavy atom.